The minimum Gasteiger partial charge on any atom is -0.341 e. The van der Waals surface area contributed by atoms with Gasteiger partial charge in [0, 0.05) is 37.3 Å². The molecular formula is C27H26F4N6O3. The van der Waals surface area contributed by atoms with Crippen LogP contribution in [0.4, 0.5) is 23.5 Å². The summed E-state index contributed by atoms with van der Waals surface area (Å²) in [6, 6.07) is 9.93. The highest BCUT2D eigenvalue weighted by atomic mass is 19.4. The average molecular weight is 559 g/mol. The predicted octanol–water partition coefficient (Wildman–Crippen LogP) is 2.91. The van der Waals surface area contributed by atoms with Gasteiger partial charge in [-0.05, 0) is 31.0 Å². The largest absolute Gasteiger partial charge is 0.416 e. The van der Waals surface area contributed by atoms with Gasteiger partial charge >= 0.3 is 11.9 Å². The number of piperidine rings is 1. The van der Waals surface area contributed by atoms with E-state index >= 15 is 0 Å². The van der Waals surface area contributed by atoms with Crippen molar-refractivity contribution in [3.63, 3.8) is 0 Å². The van der Waals surface area contributed by atoms with Crippen LogP contribution < -0.4 is 21.9 Å². The first kappa shape index (κ1) is 27.3. The van der Waals surface area contributed by atoms with Crippen LogP contribution in [0.5, 0.6) is 0 Å². The van der Waals surface area contributed by atoms with E-state index in [0.717, 1.165) is 21.6 Å². The Kier molecular flexibility index (Phi) is 7.08. The molecule has 4 aromatic rings. The van der Waals surface area contributed by atoms with Gasteiger partial charge in [0.05, 0.1) is 18.7 Å². The highest BCUT2D eigenvalue weighted by molar-refractivity contribution is 5.95. The Labute approximate surface area is 225 Å². The number of ketones is 1. The number of nitrogens with zero attached hydrogens (tertiary/aromatic N) is 5. The molecule has 9 nitrogen and oxygen atoms in total. The Bertz CT molecular complexity index is 1710. The Morgan fingerprint density at radius 1 is 1.10 bits per heavy atom. The van der Waals surface area contributed by atoms with Crippen molar-refractivity contribution >= 4 is 22.9 Å². The number of carbonyl (C=O) groups is 1. The number of halogens is 4. The summed E-state index contributed by atoms with van der Waals surface area (Å²) in [5, 5.41) is 0. The fourth-order valence-corrected chi connectivity index (χ4v) is 4.98. The topological polar surface area (TPSA) is 108 Å². The van der Waals surface area contributed by atoms with Crippen LogP contribution >= 0.6 is 0 Å². The second-order valence-corrected chi connectivity index (χ2v) is 9.84. The predicted molar refractivity (Wildman–Crippen MR) is 140 cm³/mol. The van der Waals surface area contributed by atoms with E-state index in [0.29, 0.717) is 37.2 Å². The van der Waals surface area contributed by atoms with Crippen molar-refractivity contribution in [1.29, 1.82) is 0 Å². The first-order valence-electron chi connectivity index (χ1n) is 12.6. The van der Waals surface area contributed by atoms with Crippen molar-refractivity contribution in [3.05, 3.63) is 91.9 Å². The van der Waals surface area contributed by atoms with E-state index in [1.165, 1.54) is 11.6 Å². The average Bonchev–Trinajstić information content (AvgIpc) is 3.30. The van der Waals surface area contributed by atoms with Gasteiger partial charge in [-0.15, -0.1) is 0 Å². The van der Waals surface area contributed by atoms with Crippen LogP contribution in [0, 0.1) is 5.82 Å². The summed E-state index contributed by atoms with van der Waals surface area (Å²) in [7, 11) is 1.38. The lowest BCUT2D eigenvalue weighted by Gasteiger charge is -2.32. The summed E-state index contributed by atoms with van der Waals surface area (Å²) in [6.45, 7) is -0.231. The maximum absolute atomic E-state index is 14.9. The first-order chi connectivity index (χ1) is 19.0. The molecule has 1 saturated heterocycles. The molecule has 2 N–H and O–H groups in total. The van der Waals surface area contributed by atoms with E-state index in [2.05, 4.69) is 4.98 Å². The van der Waals surface area contributed by atoms with Crippen molar-refractivity contribution in [2.75, 3.05) is 18.0 Å². The molecule has 3 heterocycles. The van der Waals surface area contributed by atoms with E-state index in [1.807, 2.05) is 0 Å². The van der Waals surface area contributed by atoms with E-state index in [4.69, 9.17) is 5.73 Å². The molecule has 2 aromatic carbocycles. The number of nitrogens with two attached hydrogens (primary N) is 1. The lowest BCUT2D eigenvalue weighted by molar-refractivity contribution is -0.137. The second kappa shape index (κ2) is 10.4. The van der Waals surface area contributed by atoms with Crippen LogP contribution in [-0.4, -0.2) is 43.6 Å². The quantitative estimate of drug-likeness (QED) is 0.288. The number of alkyl halides is 3. The minimum atomic E-state index is -4.71. The molecule has 40 heavy (non-hydrogen) atoms. The summed E-state index contributed by atoms with van der Waals surface area (Å²) in [4.78, 5) is 46.1. The van der Waals surface area contributed by atoms with Gasteiger partial charge in [0.25, 0.3) is 5.56 Å². The van der Waals surface area contributed by atoms with Crippen LogP contribution in [0.3, 0.4) is 0 Å². The Hall–Kier alpha value is -4.26. The lowest BCUT2D eigenvalue weighted by atomic mass is 10.1. The number of rotatable bonds is 6. The third kappa shape index (κ3) is 5.04. The lowest BCUT2D eigenvalue weighted by Crippen LogP contribution is -2.44. The molecule has 210 valence electrons. The summed E-state index contributed by atoms with van der Waals surface area (Å²) in [5.74, 6) is -1.22. The number of aromatic nitrogens is 4. The van der Waals surface area contributed by atoms with Gasteiger partial charge in [-0.3, -0.25) is 23.3 Å². The maximum Gasteiger partial charge on any atom is 0.416 e. The first-order valence-corrected chi connectivity index (χ1v) is 12.6. The van der Waals surface area contributed by atoms with Crippen molar-refractivity contribution < 1.29 is 22.4 Å². The van der Waals surface area contributed by atoms with Crippen molar-refractivity contribution in [2.24, 2.45) is 12.8 Å². The van der Waals surface area contributed by atoms with Crippen molar-refractivity contribution in [1.82, 2.24) is 18.7 Å². The van der Waals surface area contributed by atoms with Gasteiger partial charge in [-0.2, -0.15) is 18.2 Å². The van der Waals surface area contributed by atoms with E-state index in [1.54, 1.807) is 35.2 Å². The molecule has 13 heteroatoms. The third-order valence-electron chi connectivity index (χ3n) is 7.05. The number of carbonyl (C=O) groups excluding carboxylic acids is 1. The summed E-state index contributed by atoms with van der Waals surface area (Å²) < 4.78 is 58.3. The van der Waals surface area contributed by atoms with Crippen LogP contribution in [0.25, 0.3) is 11.2 Å². The van der Waals surface area contributed by atoms with Gasteiger partial charge in [0.1, 0.15) is 5.82 Å². The van der Waals surface area contributed by atoms with Gasteiger partial charge in [0.15, 0.2) is 16.9 Å². The number of imidazole rings is 1. The molecule has 1 aliphatic rings. The maximum atomic E-state index is 14.9. The molecule has 0 bridgehead atoms. The number of benzene rings is 2. The monoisotopic (exact) mass is 558 g/mol. The molecule has 1 fully saturated rings. The van der Waals surface area contributed by atoms with Crippen LogP contribution in [0.15, 0.2) is 58.1 Å². The van der Waals surface area contributed by atoms with E-state index < -0.39 is 47.7 Å². The highest BCUT2D eigenvalue weighted by Crippen LogP contribution is 2.31. The number of hydrogen-bond acceptors (Lipinski definition) is 6. The SMILES string of the molecule is Cn1c(=O)n(CC(=O)c2ccccc2)c(=O)c2c1nc(N1CCCC(N)C1)n2Cc1cc(C(F)(F)F)ccc1F. The second-order valence-electron chi connectivity index (χ2n) is 9.84. The molecule has 2 aromatic heterocycles. The van der Waals surface area contributed by atoms with Gasteiger partial charge in [-0.25, -0.2) is 9.18 Å². The molecule has 0 spiro atoms. The molecule has 0 amide bonds. The smallest absolute Gasteiger partial charge is 0.341 e. The molecule has 5 rings (SSSR count). The standard InChI is InChI=1S/C27H26F4N6O3/c1-34-23-22(24(39)37(26(34)40)15-21(38)16-6-3-2-4-7-16)36(25(33-23)35-11-5-8-19(32)14-35)13-17-12-18(27(29,30)31)9-10-20(17)28/h2-4,6-7,9-10,12,19H,5,8,11,13-15,32H2,1H3. The van der Waals surface area contributed by atoms with Crippen LogP contribution in [-0.2, 0) is 26.3 Å². The highest BCUT2D eigenvalue weighted by Gasteiger charge is 2.32. The van der Waals surface area contributed by atoms with Gasteiger partial charge < -0.3 is 10.6 Å². The van der Waals surface area contributed by atoms with Crippen LogP contribution in [0.1, 0.15) is 34.3 Å². The zero-order valence-corrected chi connectivity index (χ0v) is 21.5. The molecule has 0 radical (unpaired) electrons. The fourth-order valence-electron chi connectivity index (χ4n) is 4.98. The Balaban J connectivity index is 1.71. The van der Waals surface area contributed by atoms with Crippen molar-refractivity contribution in [2.45, 2.75) is 38.1 Å². The van der Waals surface area contributed by atoms with Gasteiger partial charge in [-0.1, -0.05) is 30.3 Å². The van der Waals surface area contributed by atoms with Gasteiger partial charge in [0.2, 0.25) is 5.95 Å². The third-order valence-corrected chi connectivity index (χ3v) is 7.05. The van der Waals surface area contributed by atoms with E-state index in [-0.39, 0.29) is 28.7 Å². The number of aryl methyl sites for hydroxylation is 1. The number of fused-ring (bicyclic) bond motifs is 1. The molecule has 1 aliphatic heterocycles. The molecule has 1 atom stereocenters. The van der Waals surface area contributed by atoms with Crippen LogP contribution in [0.2, 0.25) is 0 Å². The summed E-state index contributed by atoms with van der Waals surface area (Å²) >= 11 is 0. The number of Topliss-reactive ketones (excluding diaryl/α,β-unsaturated/α-hetero) is 1. The Morgan fingerprint density at radius 3 is 2.50 bits per heavy atom. The normalized spacial score (nSPS) is 16.1. The summed E-state index contributed by atoms with van der Waals surface area (Å²) in [5.41, 5.74) is 3.22. The van der Waals surface area contributed by atoms with Crippen molar-refractivity contribution in [3.8, 4) is 0 Å². The fraction of sp³-hybridized carbons (Fsp3) is 0.333. The minimum absolute atomic E-state index is 0.0417. The summed E-state index contributed by atoms with van der Waals surface area (Å²) in [6.07, 6.45) is -3.28. The number of anilines is 1. The molecule has 0 aliphatic carbocycles. The zero-order valence-electron chi connectivity index (χ0n) is 21.5. The molecule has 1 unspecified atom stereocenters. The Morgan fingerprint density at radius 2 is 1.82 bits per heavy atom. The number of hydrogen-bond donors (Lipinski definition) is 1. The molecule has 0 saturated carbocycles. The molecular weight excluding hydrogens is 532 g/mol. The van der Waals surface area contributed by atoms with E-state index in [9.17, 15) is 31.9 Å². The zero-order chi connectivity index (χ0) is 28.8.